The van der Waals surface area contributed by atoms with E-state index in [0.29, 0.717) is 12.1 Å². The molecular formula is C12H17BrN2. The number of likely N-dealkylation sites (N-methyl/N-ethyl adjacent to an activating group) is 1. The summed E-state index contributed by atoms with van der Waals surface area (Å²) in [4.78, 5) is 2.42. The van der Waals surface area contributed by atoms with E-state index < -0.39 is 0 Å². The van der Waals surface area contributed by atoms with Crippen LogP contribution in [0.3, 0.4) is 0 Å². The van der Waals surface area contributed by atoms with Gasteiger partial charge in [-0.25, -0.2) is 0 Å². The summed E-state index contributed by atoms with van der Waals surface area (Å²) in [6, 6.07) is 9.65. The molecule has 15 heavy (non-hydrogen) atoms. The van der Waals surface area contributed by atoms with E-state index in [1.807, 2.05) is 0 Å². The van der Waals surface area contributed by atoms with Crippen molar-refractivity contribution in [2.24, 2.45) is 0 Å². The molecule has 0 amide bonds. The fraction of sp³-hybridized carbons (Fsp3) is 0.500. The van der Waals surface area contributed by atoms with Crippen molar-refractivity contribution < 1.29 is 0 Å². The number of hydrogen-bond acceptors (Lipinski definition) is 2. The SMILES string of the molecule is CC1NCCN(C)C1c1ccc(Br)cc1. The summed E-state index contributed by atoms with van der Waals surface area (Å²) in [7, 11) is 2.20. The van der Waals surface area contributed by atoms with Gasteiger partial charge in [0.25, 0.3) is 0 Å². The summed E-state index contributed by atoms with van der Waals surface area (Å²) >= 11 is 3.47. The predicted molar refractivity (Wildman–Crippen MR) is 67.0 cm³/mol. The molecule has 0 saturated carbocycles. The molecule has 0 spiro atoms. The topological polar surface area (TPSA) is 15.3 Å². The first-order valence-corrected chi connectivity index (χ1v) is 6.17. The molecule has 1 saturated heterocycles. The molecule has 3 heteroatoms. The molecule has 1 aromatic rings. The molecule has 0 radical (unpaired) electrons. The highest BCUT2D eigenvalue weighted by Crippen LogP contribution is 2.26. The van der Waals surface area contributed by atoms with E-state index in [9.17, 15) is 0 Å². The van der Waals surface area contributed by atoms with Crippen molar-refractivity contribution >= 4 is 15.9 Å². The Morgan fingerprint density at radius 2 is 2.00 bits per heavy atom. The van der Waals surface area contributed by atoms with Crippen molar-refractivity contribution in [2.45, 2.75) is 19.0 Å². The molecular weight excluding hydrogens is 252 g/mol. The average molecular weight is 269 g/mol. The second kappa shape index (κ2) is 4.64. The minimum absolute atomic E-state index is 0.492. The number of halogens is 1. The highest BCUT2D eigenvalue weighted by atomic mass is 79.9. The molecule has 2 rings (SSSR count). The fourth-order valence-electron chi connectivity index (χ4n) is 2.30. The molecule has 1 aliphatic heterocycles. The maximum atomic E-state index is 3.52. The van der Waals surface area contributed by atoms with Crippen LogP contribution in [0.5, 0.6) is 0 Å². The molecule has 82 valence electrons. The first-order valence-electron chi connectivity index (χ1n) is 5.37. The highest BCUT2D eigenvalue weighted by molar-refractivity contribution is 9.10. The summed E-state index contributed by atoms with van der Waals surface area (Å²) in [5.41, 5.74) is 1.39. The molecule has 1 aliphatic rings. The molecule has 1 aromatic carbocycles. The number of benzene rings is 1. The van der Waals surface area contributed by atoms with Crippen LogP contribution in [0.1, 0.15) is 18.5 Å². The van der Waals surface area contributed by atoms with Gasteiger partial charge < -0.3 is 5.32 Å². The minimum atomic E-state index is 0.492. The first kappa shape index (κ1) is 11.1. The molecule has 2 atom stereocenters. The lowest BCUT2D eigenvalue weighted by molar-refractivity contribution is 0.159. The van der Waals surface area contributed by atoms with Gasteiger partial charge in [0.2, 0.25) is 0 Å². The summed E-state index contributed by atoms with van der Waals surface area (Å²) in [5, 5.41) is 3.52. The average Bonchev–Trinajstić information content (AvgIpc) is 2.20. The fourth-order valence-corrected chi connectivity index (χ4v) is 2.57. The lowest BCUT2D eigenvalue weighted by Crippen LogP contribution is -2.49. The van der Waals surface area contributed by atoms with E-state index in [2.05, 4.69) is 64.4 Å². The summed E-state index contributed by atoms with van der Waals surface area (Å²) in [5.74, 6) is 0. The molecule has 2 unspecified atom stereocenters. The van der Waals surface area contributed by atoms with Gasteiger partial charge in [0.15, 0.2) is 0 Å². The van der Waals surface area contributed by atoms with E-state index in [0.717, 1.165) is 17.6 Å². The smallest absolute Gasteiger partial charge is 0.0496 e. The maximum absolute atomic E-state index is 3.52. The van der Waals surface area contributed by atoms with Gasteiger partial charge in [-0.3, -0.25) is 4.90 Å². The van der Waals surface area contributed by atoms with Crippen molar-refractivity contribution in [1.29, 1.82) is 0 Å². The predicted octanol–water partition coefficient (Wildman–Crippen LogP) is 2.41. The van der Waals surface area contributed by atoms with Gasteiger partial charge in [0, 0.05) is 29.6 Å². The van der Waals surface area contributed by atoms with Gasteiger partial charge in [-0.2, -0.15) is 0 Å². The van der Waals surface area contributed by atoms with E-state index in [-0.39, 0.29) is 0 Å². The number of rotatable bonds is 1. The Morgan fingerprint density at radius 1 is 1.33 bits per heavy atom. The highest BCUT2D eigenvalue weighted by Gasteiger charge is 2.26. The molecule has 1 N–H and O–H groups in total. The summed E-state index contributed by atoms with van der Waals surface area (Å²) in [6.07, 6.45) is 0. The van der Waals surface area contributed by atoms with Gasteiger partial charge in [0.05, 0.1) is 0 Å². The molecule has 0 aromatic heterocycles. The van der Waals surface area contributed by atoms with Crippen LogP contribution in [0.25, 0.3) is 0 Å². The lowest BCUT2D eigenvalue weighted by atomic mass is 9.97. The quantitative estimate of drug-likeness (QED) is 0.842. The zero-order valence-corrected chi connectivity index (χ0v) is 10.8. The normalized spacial score (nSPS) is 27.9. The van der Waals surface area contributed by atoms with Crippen LogP contribution in [0.4, 0.5) is 0 Å². The van der Waals surface area contributed by atoms with E-state index in [1.54, 1.807) is 0 Å². The van der Waals surface area contributed by atoms with Crippen LogP contribution in [0.2, 0.25) is 0 Å². The van der Waals surface area contributed by atoms with Crippen molar-refractivity contribution in [3.63, 3.8) is 0 Å². The number of nitrogens with one attached hydrogen (secondary N) is 1. The lowest BCUT2D eigenvalue weighted by Gasteiger charge is -2.38. The molecule has 0 bridgehead atoms. The van der Waals surface area contributed by atoms with Crippen molar-refractivity contribution in [2.75, 3.05) is 20.1 Å². The van der Waals surface area contributed by atoms with Crippen LogP contribution in [-0.2, 0) is 0 Å². The van der Waals surface area contributed by atoms with Gasteiger partial charge >= 0.3 is 0 Å². The van der Waals surface area contributed by atoms with Crippen LogP contribution in [0.15, 0.2) is 28.7 Å². The minimum Gasteiger partial charge on any atom is -0.311 e. The van der Waals surface area contributed by atoms with Gasteiger partial charge in [-0.05, 0) is 31.7 Å². The molecule has 2 nitrogen and oxygen atoms in total. The van der Waals surface area contributed by atoms with Crippen LogP contribution < -0.4 is 5.32 Å². The zero-order chi connectivity index (χ0) is 10.8. The van der Waals surface area contributed by atoms with Crippen molar-refractivity contribution in [3.8, 4) is 0 Å². The second-order valence-electron chi connectivity index (χ2n) is 4.22. The largest absolute Gasteiger partial charge is 0.311 e. The van der Waals surface area contributed by atoms with Gasteiger partial charge in [0.1, 0.15) is 0 Å². The van der Waals surface area contributed by atoms with E-state index in [1.165, 1.54) is 5.56 Å². The van der Waals surface area contributed by atoms with E-state index in [4.69, 9.17) is 0 Å². The third-order valence-corrected chi connectivity index (χ3v) is 3.62. The number of piperazine rings is 1. The molecule has 0 aliphatic carbocycles. The second-order valence-corrected chi connectivity index (χ2v) is 5.14. The summed E-state index contributed by atoms with van der Waals surface area (Å²) in [6.45, 7) is 4.46. The van der Waals surface area contributed by atoms with Crippen LogP contribution in [-0.4, -0.2) is 31.1 Å². The van der Waals surface area contributed by atoms with Crippen molar-refractivity contribution in [3.05, 3.63) is 34.3 Å². The Labute approximate surface area is 99.8 Å². The Hall–Kier alpha value is -0.380. The third-order valence-electron chi connectivity index (χ3n) is 3.09. The first-order chi connectivity index (χ1) is 7.18. The van der Waals surface area contributed by atoms with Crippen LogP contribution >= 0.6 is 15.9 Å². The summed E-state index contributed by atoms with van der Waals surface area (Å²) < 4.78 is 1.14. The molecule has 1 heterocycles. The Morgan fingerprint density at radius 3 is 2.60 bits per heavy atom. The van der Waals surface area contributed by atoms with E-state index >= 15 is 0 Å². The number of hydrogen-bond donors (Lipinski definition) is 1. The van der Waals surface area contributed by atoms with Crippen molar-refractivity contribution in [1.82, 2.24) is 10.2 Å². The van der Waals surface area contributed by atoms with Gasteiger partial charge in [-0.1, -0.05) is 28.1 Å². The Balaban J connectivity index is 2.23. The van der Waals surface area contributed by atoms with Crippen LogP contribution in [0, 0.1) is 0 Å². The Bertz CT molecular complexity index is 313. The third kappa shape index (κ3) is 2.41. The molecule has 1 fully saturated rings. The Kier molecular flexibility index (Phi) is 3.44. The number of nitrogens with zero attached hydrogens (tertiary/aromatic N) is 1. The zero-order valence-electron chi connectivity index (χ0n) is 9.20. The standard InChI is InChI=1S/C12H17BrN2/c1-9-12(15(2)8-7-14-9)10-3-5-11(13)6-4-10/h3-6,9,12,14H,7-8H2,1-2H3. The monoisotopic (exact) mass is 268 g/mol. The maximum Gasteiger partial charge on any atom is 0.0496 e. The van der Waals surface area contributed by atoms with Gasteiger partial charge in [-0.15, -0.1) is 0 Å².